The highest BCUT2D eigenvalue weighted by Crippen LogP contribution is 2.31. The van der Waals surface area contributed by atoms with Gasteiger partial charge >= 0.3 is 6.18 Å². The number of alkyl halides is 3. The lowest BCUT2D eigenvalue weighted by molar-refractivity contribution is -0.137. The van der Waals surface area contributed by atoms with E-state index in [1.54, 1.807) is 30.1 Å². The van der Waals surface area contributed by atoms with Gasteiger partial charge in [0.05, 0.1) is 30.4 Å². The number of ether oxygens (including phenoxy) is 1. The lowest BCUT2D eigenvalue weighted by Crippen LogP contribution is -2.08. The number of rotatable bonds is 5. The largest absolute Gasteiger partial charge is 0.479 e. The van der Waals surface area contributed by atoms with Crippen LogP contribution in [-0.4, -0.2) is 43.5 Å². The van der Waals surface area contributed by atoms with Gasteiger partial charge in [0.2, 0.25) is 17.7 Å². The van der Waals surface area contributed by atoms with Crippen LogP contribution in [0.1, 0.15) is 11.3 Å². The zero-order chi connectivity index (χ0) is 22.2. The van der Waals surface area contributed by atoms with E-state index in [1.807, 2.05) is 13.1 Å². The third-order valence-corrected chi connectivity index (χ3v) is 4.50. The first-order valence-electron chi connectivity index (χ1n) is 9.19. The average molecular weight is 466 g/mol. The van der Waals surface area contributed by atoms with Crippen LogP contribution in [-0.2, 0) is 6.18 Å². The van der Waals surface area contributed by atoms with Gasteiger partial charge in [-0.2, -0.15) is 22.8 Å². The molecule has 0 aliphatic carbocycles. The Kier molecular flexibility index (Phi) is 6.40. The van der Waals surface area contributed by atoms with Crippen LogP contribution < -0.4 is 10.1 Å². The Labute approximate surface area is 187 Å². The molecule has 0 atom stereocenters. The van der Waals surface area contributed by atoms with Gasteiger partial charge in [0, 0.05) is 13.2 Å². The first kappa shape index (κ1) is 23.1. The molecule has 4 rings (SSSR count). The number of aromatic nitrogens is 6. The number of aryl methyl sites for hydroxylation is 1. The summed E-state index contributed by atoms with van der Waals surface area (Å²) >= 11 is 0. The summed E-state index contributed by atoms with van der Waals surface area (Å²) < 4.78 is 47.8. The minimum absolute atomic E-state index is 0. The zero-order valence-electron chi connectivity index (χ0n) is 17.3. The SMILES string of the molecule is CNc1nc(-c2ccc(-n3cnc(C)c3)c(OC)n2)nn1-c1cccc(C(F)(F)F)c1.Cl. The van der Waals surface area contributed by atoms with Gasteiger partial charge in [0.15, 0.2) is 0 Å². The van der Waals surface area contributed by atoms with Gasteiger partial charge < -0.3 is 14.6 Å². The zero-order valence-corrected chi connectivity index (χ0v) is 18.1. The smallest absolute Gasteiger partial charge is 0.416 e. The number of halogens is 4. The van der Waals surface area contributed by atoms with Gasteiger partial charge in [-0.15, -0.1) is 17.5 Å². The van der Waals surface area contributed by atoms with Gasteiger partial charge in [-0.1, -0.05) is 6.07 Å². The van der Waals surface area contributed by atoms with Crippen LogP contribution in [0.5, 0.6) is 5.88 Å². The predicted octanol–water partition coefficient (Wildman–Crippen LogP) is 4.31. The number of nitrogens with zero attached hydrogens (tertiary/aromatic N) is 6. The van der Waals surface area contributed by atoms with E-state index in [0.717, 1.165) is 17.8 Å². The molecule has 1 N–H and O–H groups in total. The van der Waals surface area contributed by atoms with E-state index in [-0.39, 0.29) is 29.9 Å². The normalized spacial score (nSPS) is 11.2. The molecule has 0 aliphatic heterocycles. The summed E-state index contributed by atoms with van der Waals surface area (Å²) in [5, 5.41) is 7.21. The third kappa shape index (κ3) is 4.37. The van der Waals surface area contributed by atoms with Crippen molar-refractivity contribution >= 4 is 18.4 Å². The second-order valence-corrected chi connectivity index (χ2v) is 6.62. The number of hydrogen-bond donors (Lipinski definition) is 1. The summed E-state index contributed by atoms with van der Waals surface area (Å²) in [6, 6.07) is 8.35. The minimum atomic E-state index is -4.46. The molecule has 12 heteroatoms. The molecule has 4 aromatic rings. The van der Waals surface area contributed by atoms with Crippen molar-refractivity contribution in [2.75, 3.05) is 19.5 Å². The first-order chi connectivity index (χ1) is 14.8. The Morgan fingerprint density at radius 3 is 2.50 bits per heavy atom. The summed E-state index contributed by atoms with van der Waals surface area (Å²) in [7, 11) is 3.10. The maximum absolute atomic E-state index is 13.1. The van der Waals surface area contributed by atoms with E-state index in [9.17, 15) is 13.2 Å². The highest BCUT2D eigenvalue weighted by atomic mass is 35.5. The standard InChI is InChI=1S/C20H18F3N7O.ClH/c1-12-10-29(11-25-12)16-8-7-15(26-18(16)31-3)17-27-19(24-2)30(28-17)14-6-4-5-13(9-14)20(21,22)23;/h4-11H,1-3H3,(H,24,27,28);1H. The van der Waals surface area contributed by atoms with Crippen LogP contribution in [0.2, 0.25) is 0 Å². The molecule has 0 amide bonds. The molecular formula is C20H19ClF3N7O. The summed E-state index contributed by atoms with van der Waals surface area (Å²) in [5.41, 5.74) is 1.36. The Morgan fingerprint density at radius 1 is 1.09 bits per heavy atom. The monoisotopic (exact) mass is 465 g/mol. The molecule has 8 nitrogen and oxygen atoms in total. The fourth-order valence-electron chi connectivity index (χ4n) is 3.03. The molecule has 3 heterocycles. The summed E-state index contributed by atoms with van der Waals surface area (Å²) in [4.78, 5) is 13.0. The number of anilines is 1. The molecule has 0 spiro atoms. The maximum atomic E-state index is 13.1. The predicted molar refractivity (Wildman–Crippen MR) is 115 cm³/mol. The minimum Gasteiger partial charge on any atom is -0.479 e. The second kappa shape index (κ2) is 8.87. The number of methoxy groups -OCH3 is 1. The molecule has 168 valence electrons. The summed E-state index contributed by atoms with van der Waals surface area (Å²) in [5.74, 6) is 0.828. The molecule has 3 aromatic heterocycles. The van der Waals surface area contributed by atoms with Crippen LogP contribution in [0.25, 0.3) is 22.9 Å². The van der Waals surface area contributed by atoms with E-state index >= 15 is 0 Å². The van der Waals surface area contributed by atoms with Gasteiger partial charge in [-0.25, -0.2) is 9.97 Å². The van der Waals surface area contributed by atoms with Crippen molar-refractivity contribution in [2.24, 2.45) is 0 Å². The van der Waals surface area contributed by atoms with Gasteiger partial charge in [0.1, 0.15) is 11.4 Å². The van der Waals surface area contributed by atoms with Crippen molar-refractivity contribution in [3.05, 3.63) is 60.2 Å². The Bertz CT molecular complexity index is 1240. The number of hydrogen-bond acceptors (Lipinski definition) is 6. The Balaban J connectivity index is 0.00000289. The molecule has 0 fully saturated rings. The average Bonchev–Trinajstić information content (AvgIpc) is 3.39. The summed E-state index contributed by atoms with van der Waals surface area (Å²) in [6.45, 7) is 1.87. The van der Waals surface area contributed by atoms with E-state index in [0.29, 0.717) is 17.3 Å². The highest BCUT2D eigenvalue weighted by Gasteiger charge is 2.31. The first-order valence-corrected chi connectivity index (χ1v) is 9.19. The Hall–Kier alpha value is -3.60. The molecule has 0 saturated heterocycles. The number of nitrogens with one attached hydrogen (secondary N) is 1. The van der Waals surface area contributed by atoms with E-state index in [1.165, 1.54) is 23.9 Å². The molecule has 32 heavy (non-hydrogen) atoms. The topological polar surface area (TPSA) is 82.7 Å². The van der Waals surface area contributed by atoms with Crippen molar-refractivity contribution < 1.29 is 17.9 Å². The fourth-order valence-corrected chi connectivity index (χ4v) is 3.03. The Morgan fingerprint density at radius 2 is 1.88 bits per heavy atom. The molecule has 0 radical (unpaired) electrons. The number of imidazole rings is 1. The van der Waals surface area contributed by atoms with E-state index in [4.69, 9.17) is 4.74 Å². The quantitative estimate of drug-likeness (QED) is 0.473. The van der Waals surface area contributed by atoms with Gasteiger partial charge in [-0.3, -0.25) is 0 Å². The van der Waals surface area contributed by atoms with Crippen molar-refractivity contribution in [3.8, 4) is 28.8 Å². The molecular weight excluding hydrogens is 447 g/mol. The van der Waals surface area contributed by atoms with Crippen LogP contribution >= 0.6 is 12.4 Å². The van der Waals surface area contributed by atoms with Gasteiger partial charge in [0.25, 0.3) is 0 Å². The van der Waals surface area contributed by atoms with Crippen LogP contribution in [0.3, 0.4) is 0 Å². The van der Waals surface area contributed by atoms with Crippen molar-refractivity contribution in [2.45, 2.75) is 13.1 Å². The lowest BCUT2D eigenvalue weighted by Gasteiger charge is -2.10. The molecule has 0 saturated carbocycles. The molecule has 0 bridgehead atoms. The molecule has 0 aliphatic rings. The van der Waals surface area contributed by atoms with Crippen LogP contribution in [0.15, 0.2) is 48.9 Å². The van der Waals surface area contributed by atoms with E-state index in [2.05, 4.69) is 25.4 Å². The number of benzene rings is 1. The second-order valence-electron chi connectivity index (χ2n) is 6.62. The lowest BCUT2D eigenvalue weighted by atomic mass is 10.2. The van der Waals surface area contributed by atoms with Crippen LogP contribution in [0, 0.1) is 6.92 Å². The van der Waals surface area contributed by atoms with Crippen LogP contribution in [0.4, 0.5) is 19.1 Å². The van der Waals surface area contributed by atoms with E-state index < -0.39 is 11.7 Å². The van der Waals surface area contributed by atoms with Crippen molar-refractivity contribution in [3.63, 3.8) is 0 Å². The fraction of sp³-hybridized carbons (Fsp3) is 0.200. The highest BCUT2D eigenvalue weighted by molar-refractivity contribution is 5.85. The molecule has 1 aromatic carbocycles. The third-order valence-electron chi connectivity index (χ3n) is 4.50. The summed E-state index contributed by atoms with van der Waals surface area (Å²) in [6.07, 6.45) is -0.983. The number of pyridine rings is 1. The molecule has 0 unspecified atom stereocenters. The van der Waals surface area contributed by atoms with Crippen molar-refractivity contribution in [1.29, 1.82) is 0 Å². The maximum Gasteiger partial charge on any atom is 0.416 e. The van der Waals surface area contributed by atoms with Crippen molar-refractivity contribution in [1.82, 2.24) is 29.3 Å². The van der Waals surface area contributed by atoms with Gasteiger partial charge in [-0.05, 0) is 37.3 Å².